The van der Waals surface area contributed by atoms with E-state index in [0.29, 0.717) is 17.3 Å². The number of rotatable bonds is 13. The number of sulfonamides is 1. The minimum Gasteiger partial charge on any atom is -0.354 e. The summed E-state index contributed by atoms with van der Waals surface area (Å²) in [6.45, 7) is 6.03. The van der Waals surface area contributed by atoms with Crippen molar-refractivity contribution in [2.45, 2.75) is 52.1 Å². The molecule has 0 aliphatic heterocycles. The minimum atomic E-state index is -3.83. The van der Waals surface area contributed by atoms with Crippen molar-refractivity contribution in [2.75, 3.05) is 23.7 Å². The van der Waals surface area contributed by atoms with Crippen LogP contribution >= 0.6 is 11.6 Å². The Balaban J connectivity index is 2.07. The van der Waals surface area contributed by atoms with E-state index in [1.54, 1.807) is 36.4 Å². The van der Waals surface area contributed by atoms with E-state index in [2.05, 4.69) is 5.32 Å². The van der Waals surface area contributed by atoms with Gasteiger partial charge in [0.1, 0.15) is 12.6 Å². The first kappa shape index (κ1) is 31.2. The molecule has 0 unspecified atom stereocenters. The summed E-state index contributed by atoms with van der Waals surface area (Å²) < 4.78 is 27.3. The second-order valence-corrected chi connectivity index (χ2v) is 12.5. The molecule has 0 saturated carbocycles. The largest absolute Gasteiger partial charge is 0.354 e. The molecule has 214 valence electrons. The zero-order valence-corrected chi connectivity index (χ0v) is 25.1. The molecule has 0 aromatic heterocycles. The van der Waals surface area contributed by atoms with Gasteiger partial charge in [-0.2, -0.15) is 0 Å². The lowest BCUT2D eigenvalue weighted by atomic mass is 10.0. The van der Waals surface area contributed by atoms with Gasteiger partial charge < -0.3 is 10.2 Å². The Bertz CT molecular complexity index is 1380. The highest BCUT2D eigenvalue weighted by Gasteiger charge is 2.33. The molecule has 0 fully saturated rings. The molecule has 3 aromatic rings. The lowest BCUT2D eigenvalue weighted by Gasteiger charge is -2.34. The standard InChI is InChI=1S/C31H38ClN3O4S/c1-5-19-33-31(37)29(20-24-11-7-6-8-12-24)34(21-25-15-17-26(32)18-16-25)30(36)22-35(40(4,38)39)28-14-10-9-13-27(28)23(2)3/h6-18,23,29H,5,19-22H2,1-4H3,(H,33,37)/t29-/m1/s1. The maximum Gasteiger partial charge on any atom is 0.244 e. The fourth-order valence-corrected chi connectivity index (χ4v) is 5.50. The summed E-state index contributed by atoms with van der Waals surface area (Å²) in [6.07, 6.45) is 2.11. The summed E-state index contributed by atoms with van der Waals surface area (Å²) in [7, 11) is -3.83. The quantitative estimate of drug-likeness (QED) is 0.292. The summed E-state index contributed by atoms with van der Waals surface area (Å²) in [6, 6.07) is 22.9. The number of para-hydroxylation sites is 1. The average molecular weight is 584 g/mol. The summed E-state index contributed by atoms with van der Waals surface area (Å²) >= 11 is 6.10. The van der Waals surface area contributed by atoms with Crippen LogP contribution in [0.25, 0.3) is 0 Å². The van der Waals surface area contributed by atoms with Crippen LogP contribution in [0.1, 0.15) is 49.8 Å². The van der Waals surface area contributed by atoms with Gasteiger partial charge >= 0.3 is 0 Å². The van der Waals surface area contributed by atoms with E-state index in [1.807, 2.05) is 63.2 Å². The highest BCUT2D eigenvalue weighted by molar-refractivity contribution is 7.92. The number of anilines is 1. The SMILES string of the molecule is CCCNC(=O)[C@@H](Cc1ccccc1)N(Cc1ccc(Cl)cc1)C(=O)CN(c1ccccc1C(C)C)S(C)(=O)=O. The molecular formula is C31H38ClN3O4S. The molecule has 0 radical (unpaired) electrons. The third-order valence-corrected chi connectivity index (χ3v) is 7.97. The number of carbonyl (C=O) groups excluding carboxylic acids is 2. The smallest absolute Gasteiger partial charge is 0.244 e. The van der Waals surface area contributed by atoms with Crippen LogP contribution in [0.15, 0.2) is 78.9 Å². The molecule has 0 bridgehead atoms. The molecule has 1 N–H and O–H groups in total. The van der Waals surface area contributed by atoms with Crippen LogP contribution in [0, 0.1) is 0 Å². The van der Waals surface area contributed by atoms with E-state index in [4.69, 9.17) is 11.6 Å². The van der Waals surface area contributed by atoms with Crippen molar-refractivity contribution in [2.24, 2.45) is 0 Å². The molecule has 3 aromatic carbocycles. The molecule has 2 amide bonds. The molecule has 0 heterocycles. The number of hydrogen-bond acceptors (Lipinski definition) is 4. The Hall–Kier alpha value is -3.36. The number of hydrogen-bond donors (Lipinski definition) is 1. The van der Waals surface area contributed by atoms with E-state index < -0.39 is 28.5 Å². The Morgan fingerprint density at radius 3 is 2.12 bits per heavy atom. The van der Waals surface area contributed by atoms with Gasteiger partial charge in [0.25, 0.3) is 0 Å². The van der Waals surface area contributed by atoms with E-state index in [9.17, 15) is 18.0 Å². The van der Waals surface area contributed by atoms with Gasteiger partial charge in [-0.3, -0.25) is 13.9 Å². The topological polar surface area (TPSA) is 86.8 Å². The second kappa shape index (κ2) is 14.3. The summed E-state index contributed by atoms with van der Waals surface area (Å²) in [4.78, 5) is 29.2. The normalized spacial score (nSPS) is 12.2. The predicted molar refractivity (Wildman–Crippen MR) is 162 cm³/mol. The highest BCUT2D eigenvalue weighted by atomic mass is 35.5. The van der Waals surface area contributed by atoms with Crippen molar-refractivity contribution in [3.8, 4) is 0 Å². The van der Waals surface area contributed by atoms with E-state index in [-0.39, 0.29) is 24.8 Å². The molecule has 0 aliphatic rings. The predicted octanol–water partition coefficient (Wildman–Crippen LogP) is 5.40. The van der Waals surface area contributed by atoms with Crippen LogP contribution in [-0.4, -0.2) is 50.5 Å². The monoisotopic (exact) mass is 583 g/mol. The molecule has 0 saturated heterocycles. The Labute approximate surface area is 243 Å². The first-order valence-corrected chi connectivity index (χ1v) is 15.7. The van der Waals surface area contributed by atoms with Crippen LogP contribution < -0.4 is 9.62 Å². The van der Waals surface area contributed by atoms with Crippen molar-refractivity contribution in [3.05, 3.63) is 101 Å². The van der Waals surface area contributed by atoms with Gasteiger partial charge in [0.15, 0.2) is 0 Å². The first-order chi connectivity index (χ1) is 19.0. The van der Waals surface area contributed by atoms with Crippen molar-refractivity contribution < 1.29 is 18.0 Å². The average Bonchev–Trinajstić information content (AvgIpc) is 2.93. The highest BCUT2D eigenvalue weighted by Crippen LogP contribution is 2.29. The van der Waals surface area contributed by atoms with Crippen molar-refractivity contribution in [1.82, 2.24) is 10.2 Å². The minimum absolute atomic E-state index is 0.0337. The molecular weight excluding hydrogens is 546 g/mol. The number of nitrogens with zero attached hydrogens (tertiary/aromatic N) is 2. The Morgan fingerprint density at radius 2 is 1.52 bits per heavy atom. The number of amides is 2. The molecule has 7 nitrogen and oxygen atoms in total. The van der Waals surface area contributed by atoms with Crippen molar-refractivity contribution in [3.63, 3.8) is 0 Å². The third kappa shape index (κ3) is 8.57. The van der Waals surface area contributed by atoms with E-state index >= 15 is 0 Å². The van der Waals surface area contributed by atoms with Crippen LogP contribution in [0.3, 0.4) is 0 Å². The number of nitrogens with one attached hydrogen (secondary N) is 1. The molecule has 0 spiro atoms. The van der Waals surface area contributed by atoms with Gasteiger partial charge in [-0.1, -0.05) is 93.0 Å². The summed E-state index contributed by atoms with van der Waals surface area (Å²) in [5, 5.41) is 3.49. The lowest BCUT2D eigenvalue weighted by Crippen LogP contribution is -2.53. The number of carbonyl (C=O) groups is 2. The maximum absolute atomic E-state index is 14.1. The summed E-state index contributed by atoms with van der Waals surface area (Å²) in [5.41, 5.74) is 2.92. The van der Waals surface area contributed by atoms with Gasteiger partial charge in [-0.25, -0.2) is 8.42 Å². The van der Waals surface area contributed by atoms with Gasteiger partial charge in [-0.05, 0) is 47.2 Å². The van der Waals surface area contributed by atoms with Gasteiger partial charge in [-0.15, -0.1) is 0 Å². The molecule has 9 heteroatoms. The van der Waals surface area contributed by atoms with Gasteiger partial charge in [0, 0.05) is 24.5 Å². The molecule has 3 rings (SSSR count). The Kier molecular flexibility index (Phi) is 11.2. The van der Waals surface area contributed by atoms with Crippen LogP contribution in [0.5, 0.6) is 0 Å². The zero-order chi connectivity index (χ0) is 29.3. The Morgan fingerprint density at radius 1 is 0.900 bits per heavy atom. The fraction of sp³-hybridized carbons (Fsp3) is 0.355. The van der Waals surface area contributed by atoms with Crippen LogP contribution in [-0.2, 0) is 32.6 Å². The molecule has 0 aliphatic carbocycles. The van der Waals surface area contributed by atoms with E-state index in [0.717, 1.165) is 33.7 Å². The zero-order valence-electron chi connectivity index (χ0n) is 23.5. The number of halogens is 1. The third-order valence-electron chi connectivity index (χ3n) is 6.59. The van der Waals surface area contributed by atoms with E-state index in [1.165, 1.54) is 4.90 Å². The fourth-order valence-electron chi connectivity index (χ4n) is 4.50. The van der Waals surface area contributed by atoms with Crippen LogP contribution in [0.4, 0.5) is 5.69 Å². The van der Waals surface area contributed by atoms with Crippen LogP contribution in [0.2, 0.25) is 5.02 Å². The first-order valence-electron chi connectivity index (χ1n) is 13.4. The maximum atomic E-state index is 14.1. The lowest BCUT2D eigenvalue weighted by molar-refractivity contribution is -0.140. The molecule has 40 heavy (non-hydrogen) atoms. The molecule has 1 atom stereocenters. The summed E-state index contributed by atoms with van der Waals surface area (Å²) in [5.74, 6) is -0.737. The van der Waals surface area contributed by atoms with Gasteiger partial charge in [0.2, 0.25) is 21.8 Å². The van der Waals surface area contributed by atoms with Crippen molar-refractivity contribution >= 4 is 39.1 Å². The second-order valence-electron chi connectivity index (χ2n) is 10.1. The van der Waals surface area contributed by atoms with Gasteiger partial charge in [0.05, 0.1) is 11.9 Å². The van der Waals surface area contributed by atoms with Crippen molar-refractivity contribution in [1.29, 1.82) is 0 Å². The number of benzene rings is 3.